The van der Waals surface area contributed by atoms with E-state index in [1.807, 2.05) is 65.0 Å². The number of piperidine rings is 1. The van der Waals surface area contributed by atoms with Crippen LogP contribution < -0.4 is 10.1 Å². The van der Waals surface area contributed by atoms with Crippen LogP contribution in [-0.4, -0.2) is 76.4 Å². The molecule has 5 heterocycles. The van der Waals surface area contributed by atoms with Crippen molar-refractivity contribution >= 4 is 27.8 Å². The van der Waals surface area contributed by atoms with Crippen molar-refractivity contribution in [2.24, 2.45) is 0 Å². The molecule has 47 heavy (non-hydrogen) atoms. The number of carbonyl (C=O) groups is 1. The zero-order chi connectivity index (χ0) is 33.0. The number of hydrogen-bond acceptors (Lipinski definition) is 8. The number of aromatic amines is 1. The Kier molecular flexibility index (Phi) is 7.73. The molecule has 11 nitrogen and oxygen atoms in total. The summed E-state index contributed by atoms with van der Waals surface area (Å²) in [4.78, 5) is 33.4. The second kappa shape index (κ2) is 11.8. The van der Waals surface area contributed by atoms with Gasteiger partial charge in [0.2, 0.25) is 0 Å². The van der Waals surface area contributed by atoms with Crippen LogP contribution in [0, 0.1) is 27.3 Å². The van der Waals surface area contributed by atoms with Gasteiger partial charge in [0.1, 0.15) is 23.0 Å². The Bertz CT molecular complexity index is 2040. The Morgan fingerprint density at radius 3 is 2.51 bits per heavy atom. The van der Waals surface area contributed by atoms with Crippen molar-refractivity contribution in [3.05, 3.63) is 70.2 Å². The first kappa shape index (κ1) is 30.8. The normalized spacial score (nSPS) is 16.4. The minimum absolute atomic E-state index is 0.0849. The smallest absolute Gasteiger partial charge is 0.252 e. The van der Waals surface area contributed by atoms with E-state index in [0.717, 1.165) is 83.4 Å². The van der Waals surface area contributed by atoms with Crippen LogP contribution in [0.25, 0.3) is 49.2 Å². The van der Waals surface area contributed by atoms with Crippen LogP contribution in [0.5, 0.6) is 5.75 Å². The van der Waals surface area contributed by atoms with Crippen LogP contribution in [0.4, 0.5) is 0 Å². The third-order valence-electron chi connectivity index (χ3n) is 9.64. The highest BCUT2D eigenvalue weighted by Crippen LogP contribution is 2.42. The van der Waals surface area contributed by atoms with Crippen molar-refractivity contribution in [2.45, 2.75) is 65.1 Å². The number of amides is 1. The van der Waals surface area contributed by atoms with Crippen molar-refractivity contribution in [3.63, 3.8) is 0 Å². The molecule has 0 unspecified atom stereocenters. The van der Waals surface area contributed by atoms with E-state index in [-0.39, 0.29) is 11.9 Å². The van der Waals surface area contributed by atoms with Crippen molar-refractivity contribution < 1.29 is 18.8 Å². The largest absolute Gasteiger partial charge is 0.496 e. The first-order chi connectivity index (χ1) is 22.6. The molecule has 0 bridgehead atoms. The number of rotatable bonds is 7. The summed E-state index contributed by atoms with van der Waals surface area (Å²) in [6.07, 6.45) is 1.78. The summed E-state index contributed by atoms with van der Waals surface area (Å²) in [6, 6.07) is 10.3. The molecule has 2 N–H and O–H groups in total. The van der Waals surface area contributed by atoms with E-state index < -0.39 is 5.54 Å². The molecule has 2 aliphatic rings. The summed E-state index contributed by atoms with van der Waals surface area (Å²) in [7, 11) is 1.64. The zero-order valence-electron chi connectivity index (χ0n) is 27.7. The van der Waals surface area contributed by atoms with Gasteiger partial charge in [0, 0.05) is 66.1 Å². The fraction of sp³-hybridized carbons (Fsp3) is 0.417. The van der Waals surface area contributed by atoms with Gasteiger partial charge in [-0.15, -0.1) is 0 Å². The average molecular weight is 634 g/mol. The lowest BCUT2D eigenvalue weighted by molar-refractivity contribution is -0.0716. The number of fused-ring (bicyclic) bond motifs is 3. The lowest BCUT2D eigenvalue weighted by Crippen LogP contribution is -2.54. The predicted octanol–water partition coefficient (Wildman–Crippen LogP) is 6.11. The molecule has 1 amide bonds. The third-order valence-corrected chi connectivity index (χ3v) is 9.64. The van der Waals surface area contributed by atoms with Crippen molar-refractivity contribution in [1.82, 2.24) is 30.3 Å². The average Bonchev–Trinajstić information content (AvgIpc) is 3.56. The van der Waals surface area contributed by atoms with Crippen molar-refractivity contribution in [1.29, 1.82) is 0 Å². The monoisotopic (exact) mass is 633 g/mol. The maximum atomic E-state index is 13.8. The number of ether oxygens (including phenoxy) is 2. The van der Waals surface area contributed by atoms with E-state index in [2.05, 4.69) is 25.2 Å². The Balaban J connectivity index is 1.32. The van der Waals surface area contributed by atoms with Crippen molar-refractivity contribution in [2.75, 3.05) is 33.4 Å². The van der Waals surface area contributed by atoms with Gasteiger partial charge in [-0.25, -0.2) is 16.5 Å². The van der Waals surface area contributed by atoms with Gasteiger partial charge in [0.25, 0.3) is 11.4 Å². The summed E-state index contributed by atoms with van der Waals surface area (Å²) in [5, 5.41) is 9.12. The Labute approximate surface area is 273 Å². The number of hydrogen-bond donors (Lipinski definition) is 2. The number of methoxy groups -OCH3 is 1. The van der Waals surface area contributed by atoms with Crippen LogP contribution in [-0.2, 0) is 10.3 Å². The number of H-pyrrole nitrogens is 1. The first-order valence-corrected chi connectivity index (χ1v) is 16.0. The number of likely N-dealkylation sites (tertiary alicyclic amines) is 1. The van der Waals surface area contributed by atoms with Gasteiger partial charge in [-0.2, -0.15) is 0 Å². The molecule has 242 valence electrons. The minimum atomic E-state index is -0.852. The molecule has 0 spiro atoms. The van der Waals surface area contributed by atoms with E-state index in [9.17, 15) is 4.79 Å². The maximum absolute atomic E-state index is 13.8. The molecule has 0 atom stereocenters. The molecule has 3 aromatic heterocycles. The van der Waals surface area contributed by atoms with E-state index in [4.69, 9.17) is 30.5 Å². The Morgan fingerprint density at radius 2 is 1.87 bits per heavy atom. The molecule has 7 rings (SSSR count). The Hall–Kier alpha value is -4.79. The number of benzene rings is 2. The quantitative estimate of drug-likeness (QED) is 0.206. The van der Waals surface area contributed by atoms with Gasteiger partial charge in [0.15, 0.2) is 0 Å². The van der Waals surface area contributed by atoms with E-state index >= 15 is 0 Å². The van der Waals surface area contributed by atoms with E-state index in [0.29, 0.717) is 40.3 Å². The zero-order valence-corrected chi connectivity index (χ0v) is 27.7. The Morgan fingerprint density at radius 1 is 1.11 bits per heavy atom. The van der Waals surface area contributed by atoms with Gasteiger partial charge in [-0.05, 0) is 63.9 Å². The SMILES string of the molecule is [C-]#[N+]C(C)(C)c1cc(C(=O)NC2CCN(C3COC3)CC2)cc(-c2nc(C)nc3[nH]c4cc(-c5c(C)noc5C)c(OC)cc4c23)c1. The van der Waals surface area contributed by atoms with E-state index in [1.165, 1.54) is 0 Å². The third kappa shape index (κ3) is 5.51. The fourth-order valence-electron chi connectivity index (χ4n) is 6.80. The highest BCUT2D eigenvalue weighted by atomic mass is 16.5. The molecule has 2 aromatic carbocycles. The summed E-state index contributed by atoms with van der Waals surface area (Å²) < 4.78 is 16.7. The molecule has 0 radical (unpaired) electrons. The number of carbonyl (C=O) groups excluding carboxylic acids is 1. The highest BCUT2D eigenvalue weighted by molar-refractivity contribution is 6.14. The number of nitrogens with one attached hydrogen (secondary N) is 2. The molecular formula is C36H39N7O4. The second-order valence-corrected chi connectivity index (χ2v) is 13.2. The van der Waals surface area contributed by atoms with Crippen LogP contribution in [0.2, 0.25) is 0 Å². The molecule has 0 saturated carbocycles. The maximum Gasteiger partial charge on any atom is 0.252 e. The summed E-state index contributed by atoms with van der Waals surface area (Å²) in [5.41, 5.74) is 5.87. The van der Waals surface area contributed by atoms with E-state index in [1.54, 1.807) is 7.11 Å². The summed E-state index contributed by atoms with van der Waals surface area (Å²) >= 11 is 0. The molecule has 5 aromatic rings. The van der Waals surface area contributed by atoms with Crippen LogP contribution in [0.15, 0.2) is 34.9 Å². The standard InChI is InChI=1S/C36H39N7O4/c1-19-31(20(2)47-42-19)28-15-29-27(16-30(28)45-7)32-33(38-21(3)39-34(32)41-29)22-12-23(14-24(13-22)36(4,5)37-6)35(44)40-25-8-10-43(11-9-25)26-17-46-18-26/h12-16,25-26H,8-11,17-18H2,1-5,7H3,(H,40,44)(H,38,39,41). The molecule has 0 aliphatic carbocycles. The second-order valence-electron chi connectivity index (χ2n) is 13.2. The van der Waals surface area contributed by atoms with Crippen LogP contribution in [0.1, 0.15) is 59.9 Å². The fourth-order valence-corrected chi connectivity index (χ4v) is 6.80. The minimum Gasteiger partial charge on any atom is -0.496 e. The molecule has 2 fully saturated rings. The summed E-state index contributed by atoms with van der Waals surface area (Å²) in [5.74, 6) is 1.81. The number of aromatic nitrogens is 4. The topological polar surface area (TPSA) is 123 Å². The van der Waals surface area contributed by atoms with Crippen molar-refractivity contribution in [3.8, 4) is 28.1 Å². The summed E-state index contributed by atoms with van der Waals surface area (Å²) in [6.45, 7) is 20.8. The molecule has 11 heteroatoms. The van der Waals surface area contributed by atoms with Gasteiger partial charge in [-0.3, -0.25) is 9.69 Å². The molecule has 2 saturated heterocycles. The predicted molar refractivity (Wildman–Crippen MR) is 179 cm³/mol. The van der Waals surface area contributed by atoms with Gasteiger partial charge in [-0.1, -0.05) is 5.16 Å². The molecular weight excluding hydrogens is 594 g/mol. The highest BCUT2D eigenvalue weighted by Gasteiger charge is 2.32. The van der Waals surface area contributed by atoms with Gasteiger partial charge in [0.05, 0.1) is 48.7 Å². The molecule has 2 aliphatic heterocycles. The van der Waals surface area contributed by atoms with Crippen LogP contribution >= 0.6 is 0 Å². The number of nitrogens with zero attached hydrogens (tertiary/aromatic N) is 5. The van der Waals surface area contributed by atoms with Crippen LogP contribution in [0.3, 0.4) is 0 Å². The van der Waals surface area contributed by atoms with Gasteiger partial charge < -0.3 is 29.1 Å². The lowest BCUT2D eigenvalue weighted by Gasteiger charge is -2.41. The van der Waals surface area contributed by atoms with Gasteiger partial charge >= 0.3 is 0 Å². The number of aryl methyl sites for hydroxylation is 3. The first-order valence-electron chi connectivity index (χ1n) is 16.0. The lowest BCUT2D eigenvalue weighted by atomic mass is 9.90.